The first-order valence-electron chi connectivity index (χ1n) is 10.7. The fourth-order valence-electron chi connectivity index (χ4n) is 4.84. The Labute approximate surface area is 176 Å². The molecule has 1 aromatic heterocycles. The summed E-state index contributed by atoms with van der Waals surface area (Å²) in [6, 6.07) is 14.6. The number of anilines is 2. The summed E-state index contributed by atoms with van der Waals surface area (Å²) in [5, 5.41) is 13.6. The quantitative estimate of drug-likeness (QED) is 0.626. The van der Waals surface area contributed by atoms with E-state index in [9.17, 15) is 10.1 Å². The maximum atomic E-state index is 13.5. The normalized spacial score (nSPS) is 20.0. The third kappa shape index (κ3) is 3.02. The molecule has 6 heteroatoms. The van der Waals surface area contributed by atoms with Crippen LogP contribution in [0.2, 0.25) is 0 Å². The molecule has 1 saturated heterocycles. The molecular formula is C24H25N5O. The Morgan fingerprint density at radius 3 is 2.57 bits per heavy atom. The highest BCUT2D eigenvalue weighted by Crippen LogP contribution is 2.57. The van der Waals surface area contributed by atoms with Crippen molar-refractivity contribution in [3.63, 3.8) is 0 Å². The fraction of sp³-hybridized carbons (Fsp3) is 0.375. The van der Waals surface area contributed by atoms with Gasteiger partial charge in [0, 0.05) is 24.7 Å². The van der Waals surface area contributed by atoms with E-state index < -0.39 is 0 Å². The van der Waals surface area contributed by atoms with E-state index >= 15 is 0 Å². The number of allylic oxidation sites excluding steroid dienone is 1. The largest absolute Gasteiger partial charge is 0.364 e. The lowest BCUT2D eigenvalue weighted by Gasteiger charge is -2.33. The van der Waals surface area contributed by atoms with Crippen LogP contribution in [0.3, 0.4) is 0 Å². The van der Waals surface area contributed by atoms with Gasteiger partial charge in [0.25, 0.3) is 5.91 Å². The second-order valence-corrected chi connectivity index (χ2v) is 8.29. The van der Waals surface area contributed by atoms with Crippen LogP contribution in [0.25, 0.3) is 0 Å². The molecule has 2 aliphatic heterocycles. The molecule has 1 aliphatic carbocycles. The number of likely N-dealkylation sites (tertiary alicyclic amines) is 1. The molecule has 1 amide bonds. The van der Waals surface area contributed by atoms with E-state index in [1.54, 1.807) is 12.4 Å². The summed E-state index contributed by atoms with van der Waals surface area (Å²) in [6.45, 7) is 1.99. The van der Waals surface area contributed by atoms with Crippen LogP contribution in [0.5, 0.6) is 0 Å². The molecule has 1 aromatic carbocycles. The molecule has 0 atom stereocenters. The second kappa shape index (κ2) is 7.49. The molecule has 1 N–H and O–H groups in total. The Balaban J connectivity index is 1.66. The molecule has 1 saturated carbocycles. The Hall–Kier alpha value is -3.33. The Morgan fingerprint density at radius 2 is 1.87 bits per heavy atom. The fourth-order valence-corrected chi connectivity index (χ4v) is 4.84. The average molecular weight is 399 g/mol. The Morgan fingerprint density at radius 1 is 1.10 bits per heavy atom. The number of carbonyl (C=O) groups is 1. The van der Waals surface area contributed by atoms with Gasteiger partial charge in [0.05, 0.1) is 29.9 Å². The number of nitriles is 1. The maximum Gasteiger partial charge on any atom is 0.266 e. The minimum atomic E-state index is -0.301. The summed E-state index contributed by atoms with van der Waals surface area (Å²) in [5.74, 6) is -0.128. The first-order valence-corrected chi connectivity index (χ1v) is 10.7. The van der Waals surface area contributed by atoms with Gasteiger partial charge in [-0.2, -0.15) is 5.26 Å². The van der Waals surface area contributed by atoms with Gasteiger partial charge in [0.15, 0.2) is 0 Å². The van der Waals surface area contributed by atoms with Gasteiger partial charge < -0.3 is 15.1 Å². The molecule has 5 rings (SSSR count). The number of nitrogens with one attached hydrogen (secondary N) is 1. The van der Waals surface area contributed by atoms with Crippen molar-refractivity contribution in [1.29, 1.82) is 5.26 Å². The molecule has 30 heavy (non-hydrogen) atoms. The molecule has 3 aliphatic rings. The Kier molecular flexibility index (Phi) is 4.66. The number of nitrogens with zero attached hydrogens (tertiary/aromatic N) is 4. The third-order valence-corrected chi connectivity index (χ3v) is 6.52. The van der Waals surface area contributed by atoms with Gasteiger partial charge in [-0.15, -0.1) is 0 Å². The standard InChI is InChI=1S/C24H25N5O/c25-15-19(23(30)28-13-5-2-6-14-28)22(24(10-11-24)18-7-3-1-4-8-18)29-17-27-20-16-26-12-9-21(20)29/h1,3-4,7-9,12,16,27H,2,5-6,10-11,13-14,17H2. The summed E-state index contributed by atoms with van der Waals surface area (Å²) in [4.78, 5) is 21.7. The summed E-state index contributed by atoms with van der Waals surface area (Å²) < 4.78 is 0. The van der Waals surface area contributed by atoms with E-state index in [0.717, 1.165) is 62.3 Å². The van der Waals surface area contributed by atoms with Crippen molar-refractivity contribution in [2.45, 2.75) is 37.5 Å². The van der Waals surface area contributed by atoms with Gasteiger partial charge in [0.1, 0.15) is 11.6 Å². The zero-order valence-corrected chi connectivity index (χ0v) is 17.0. The number of benzene rings is 1. The van der Waals surface area contributed by atoms with Gasteiger partial charge in [-0.05, 0) is 43.7 Å². The number of rotatable bonds is 4. The molecule has 6 nitrogen and oxygen atoms in total. The van der Waals surface area contributed by atoms with Crippen molar-refractivity contribution in [3.05, 3.63) is 65.6 Å². The first-order chi connectivity index (χ1) is 14.7. The van der Waals surface area contributed by atoms with Crippen LogP contribution in [-0.2, 0) is 10.2 Å². The molecule has 0 bridgehead atoms. The van der Waals surface area contributed by atoms with E-state index in [4.69, 9.17) is 0 Å². The van der Waals surface area contributed by atoms with Gasteiger partial charge >= 0.3 is 0 Å². The van der Waals surface area contributed by atoms with Crippen LogP contribution < -0.4 is 10.2 Å². The smallest absolute Gasteiger partial charge is 0.266 e. The first kappa shape index (κ1) is 18.7. The van der Waals surface area contributed by atoms with E-state index in [2.05, 4.69) is 33.4 Å². The minimum Gasteiger partial charge on any atom is -0.364 e. The molecular weight excluding hydrogens is 374 g/mol. The molecule has 3 heterocycles. The second-order valence-electron chi connectivity index (χ2n) is 8.29. The number of aromatic nitrogens is 1. The Bertz CT molecular complexity index is 1030. The number of hydrogen-bond donors (Lipinski definition) is 1. The zero-order valence-electron chi connectivity index (χ0n) is 17.0. The van der Waals surface area contributed by atoms with Gasteiger partial charge in [-0.25, -0.2) is 0 Å². The van der Waals surface area contributed by atoms with Crippen LogP contribution in [-0.4, -0.2) is 35.5 Å². The van der Waals surface area contributed by atoms with E-state index in [-0.39, 0.29) is 16.9 Å². The van der Waals surface area contributed by atoms with Crippen LogP contribution >= 0.6 is 0 Å². The predicted molar refractivity (Wildman–Crippen MR) is 116 cm³/mol. The molecule has 2 aromatic rings. The van der Waals surface area contributed by atoms with Crippen molar-refractivity contribution in [3.8, 4) is 6.07 Å². The van der Waals surface area contributed by atoms with E-state index in [1.165, 1.54) is 5.56 Å². The van der Waals surface area contributed by atoms with Gasteiger partial charge in [-0.3, -0.25) is 9.78 Å². The number of hydrogen-bond acceptors (Lipinski definition) is 5. The molecule has 152 valence electrons. The number of pyridine rings is 1. The van der Waals surface area contributed by atoms with Gasteiger partial charge in [0.2, 0.25) is 0 Å². The highest BCUT2D eigenvalue weighted by molar-refractivity contribution is 6.00. The SMILES string of the molecule is N#CC(C(=O)N1CCCCC1)=C(N1CNc2cnccc21)C1(c2ccccc2)CC1. The summed E-state index contributed by atoms with van der Waals surface area (Å²) in [7, 11) is 0. The number of fused-ring (bicyclic) bond motifs is 1. The minimum absolute atomic E-state index is 0.128. The molecule has 2 fully saturated rings. The highest BCUT2D eigenvalue weighted by Gasteiger charge is 2.53. The highest BCUT2D eigenvalue weighted by atomic mass is 16.2. The molecule has 0 unspecified atom stereocenters. The zero-order chi connectivity index (χ0) is 20.6. The van der Waals surface area contributed by atoms with Crippen molar-refractivity contribution in [1.82, 2.24) is 9.88 Å². The summed E-state index contributed by atoms with van der Waals surface area (Å²) >= 11 is 0. The lowest BCUT2D eigenvalue weighted by molar-refractivity contribution is -0.127. The van der Waals surface area contributed by atoms with Crippen LogP contribution in [0.4, 0.5) is 11.4 Å². The lowest BCUT2D eigenvalue weighted by Crippen LogP contribution is -2.40. The van der Waals surface area contributed by atoms with Crippen LogP contribution in [0.15, 0.2) is 60.1 Å². The third-order valence-electron chi connectivity index (χ3n) is 6.52. The lowest BCUT2D eigenvalue weighted by atomic mass is 9.88. The monoisotopic (exact) mass is 399 g/mol. The molecule has 0 spiro atoms. The van der Waals surface area contributed by atoms with Crippen LogP contribution in [0, 0.1) is 11.3 Å². The van der Waals surface area contributed by atoms with Gasteiger partial charge in [-0.1, -0.05) is 30.3 Å². The van der Waals surface area contributed by atoms with E-state index in [1.807, 2.05) is 29.2 Å². The maximum absolute atomic E-state index is 13.5. The van der Waals surface area contributed by atoms with Crippen LogP contribution in [0.1, 0.15) is 37.7 Å². The molecule has 0 radical (unpaired) electrons. The van der Waals surface area contributed by atoms with Crippen molar-refractivity contribution < 1.29 is 4.79 Å². The summed E-state index contributed by atoms with van der Waals surface area (Å²) in [6.07, 6.45) is 8.58. The number of amides is 1. The van der Waals surface area contributed by atoms with E-state index in [0.29, 0.717) is 6.67 Å². The number of piperidine rings is 1. The summed E-state index contributed by atoms with van der Waals surface area (Å²) in [5.41, 5.74) is 3.89. The van der Waals surface area contributed by atoms with Crippen molar-refractivity contribution >= 4 is 17.3 Å². The number of carbonyl (C=O) groups excluding carboxylic acids is 1. The van der Waals surface area contributed by atoms with Crippen molar-refractivity contribution in [2.75, 3.05) is 30.0 Å². The predicted octanol–water partition coefficient (Wildman–Crippen LogP) is 3.79. The average Bonchev–Trinajstić information content (AvgIpc) is 3.51. The topological polar surface area (TPSA) is 72.3 Å². The van der Waals surface area contributed by atoms with Crippen molar-refractivity contribution in [2.24, 2.45) is 0 Å².